The molecule has 1 aromatic heterocycles. The van der Waals surface area contributed by atoms with Crippen LogP contribution in [0.5, 0.6) is 0 Å². The van der Waals surface area contributed by atoms with Crippen molar-refractivity contribution in [1.82, 2.24) is 9.78 Å². The molecule has 27 heavy (non-hydrogen) atoms. The lowest BCUT2D eigenvalue weighted by atomic mass is 10.1. The number of nitrogens with one attached hydrogen (secondary N) is 1. The van der Waals surface area contributed by atoms with Gasteiger partial charge in [0, 0.05) is 5.69 Å². The van der Waals surface area contributed by atoms with Crippen LogP contribution in [0.25, 0.3) is 0 Å². The molecule has 0 aliphatic carbocycles. The second-order valence-electron chi connectivity index (χ2n) is 6.37. The molecule has 9 heteroatoms. The lowest BCUT2D eigenvalue weighted by molar-refractivity contribution is -0.386. The Labute approximate surface area is 156 Å². The van der Waals surface area contributed by atoms with Gasteiger partial charge in [0.05, 0.1) is 4.92 Å². The van der Waals surface area contributed by atoms with Crippen molar-refractivity contribution in [2.75, 3.05) is 5.32 Å². The number of hydrogen-bond acceptors (Lipinski definition) is 6. The summed E-state index contributed by atoms with van der Waals surface area (Å²) in [5.41, 5.74) is 2.94. The smallest absolute Gasteiger partial charge is 0.328 e. The zero-order valence-corrected chi connectivity index (χ0v) is 15.9. The van der Waals surface area contributed by atoms with Crippen LogP contribution in [-0.2, 0) is 20.9 Å². The van der Waals surface area contributed by atoms with Crippen molar-refractivity contribution in [3.8, 4) is 0 Å². The van der Waals surface area contributed by atoms with Crippen LogP contribution in [0.3, 0.4) is 0 Å². The van der Waals surface area contributed by atoms with E-state index < -0.39 is 22.9 Å². The van der Waals surface area contributed by atoms with Crippen LogP contribution in [-0.4, -0.2) is 32.7 Å². The predicted molar refractivity (Wildman–Crippen MR) is 98.5 cm³/mol. The van der Waals surface area contributed by atoms with Gasteiger partial charge in [-0.1, -0.05) is 17.7 Å². The number of anilines is 1. The van der Waals surface area contributed by atoms with Crippen LogP contribution in [0.1, 0.15) is 29.4 Å². The third-order valence-electron chi connectivity index (χ3n) is 4.12. The fraction of sp³-hybridized carbons (Fsp3) is 0.389. The van der Waals surface area contributed by atoms with E-state index in [1.807, 2.05) is 26.0 Å². The van der Waals surface area contributed by atoms with E-state index in [1.54, 1.807) is 6.07 Å². The van der Waals surface area contributed by atoms with Gasteiger partial charge in [0.25, 0.3) is 5.91 Å². The normalized spacial score (nSPS) is 11.7. The summed E-state index contributed by atoms with van der Waals surface area (Å²) in [5, 5.41) is 17.7. The molecule has 0 spiro atoms. The number of carbonyl (C=O) groups excluding carboxylic acids is 2. The van der Waals surface area contributed by atoms with Gasteiger partial charge >= 0.3 is 11.7 Å². The van der Waals surface area contributed by atoms with Crippen molar-refractivity contribution in [1.29, 1.82) is 0 Å². The average Bonchev–Trinajstić information content (AvgIpc) is 2.83. The van der Waals surface area contributed by atoms with Crippen molar-refractivity contribution in [3.63, 3.8) is 0 Å². The van der Waals surface area contributed by atoms with Crippen molar-refractivity contribution in [3.05, 3.63) is 50.8 Å². The summed E-state index contributed by atoms with van der Waals surface area (Å²) in [6.45, 7) is 7.96. The Kier molecular flexibility index (Phi) is 5.94. The minimum Gasteiger partial charge on any atom is -0.451 e. The Balaban J connectivity index is 2.00. The van der Waals surface area contributed by atoms with Crippen molar-refractivity contribution in [2.24, 2.45) is 0 Å². The summed E-state index contributed by atoms with van der Waals surface area (Å²) in [6, 6.07) is 5.59. The lowest BCUT2D eigenvalue weighted by Crippen LogP contribution is -2.31. The van der Waals surface area contributed by atoms with E-state index in [-0.39, 0.29) is 23.6 Å². The van der Waals surface area contributed by atoms with Gasteiger partial charge in [-0.25, -0.2) is 0 Å². The van der Waals surface area contributed by atoms with Gasteiger partial charge in [-0.05, 0) is 46.2 Å². The largest absolute Gasteiger partial charge is 0.451 e. The number of aryl methyl sites for hydroxylation is 3. The predicted octanol–water partition coefficient (Wildman–Crippen LogP) is 2.60. The van der Waals surface area contributed by atoms with Crippen LogP contribution in [0.2, 0.25) is 0 Å². The van der Waals surface area contributed by atoms with Crippen molar-refractivity contribution < 1.29 is 19.2 Å². The zero-order chi connectivity index (χ0) is 20.3. The molecule has 0 saturated carbocycles. The molecule has 144 valence electrons. The summed E-state index contributed by atoms with van der Waals surface area (Å²) in [7, 11) is 0. The van der Waals surface area contributed by atoms with Gasteiger partial charge in [0.15, 0.2) is 6.10 Å². The van der Waals surface area contributed by atoms with E-state index in [2.05, 4.69) is 10.4 Å². The highest BCUT2D eigenvalue weighted by molar-refractivity contribution is 5.95. The second-order valence-corrected chi connectivity index (χ2v) is 6.37. The molecule has 0 bridgehead atoms. The first-order chi connectivity index (χ1) is 12.6. The zero-order valence-electron chi connectivity index (χ0n) is 15.9. The highest BCUT2D eigenvalue weighted by Gasteiger charge is 2.24. The van der Waals surface area contributed by atoms with Crippen LogP contribution in [0, 0.1) is 37.8 Å². The Morgan fingerprint density at radius 1 is 1.30 bits per heavy atom. The van der Waals surface area contributed by atoms with Crippen LogP contribution in [0.15, 0.2) is 18.2 Å². The summed E-state index contributed by atoms with van der Waals surface area (Å²) in [5.74, 6) is -1.17. The molecular formula is C18H22N4O5. The van der Waals surface area contributed by atoms with Crippen molar-refractivity contribution >= 4 is 23.3 Å². The lowest BCUT2D eigenvalue weighted by Gasteiger charge is -2.15. The molecule has 1 amide bonds. The Bertz CT molecular complexity index is 903. The van der Waals surface area contributed by atoms with E-state index in [0.29, 0.717) is 5.69 Å². The van der Waals surface area contributed by atoms with Gasteiger partial charge in [-0.2, -0.15) is 5.10 Å². The summed E-state index contributed by atoms with van der Waals surface area (Å²) in [4.78, 5) is 34.8. The van der Waals surface area contributed by atoms with Gasteiger partial charge in [-0.3, -0.25) is 24.4 Å². The quantitative estimate of drug-likeness (QED) is 0.472. The Morgan fingerprint density at radius 2 is 1.96 bits per heavy atom. The maximum absolute atomic E-state index is 12.3. The molecule has 0 unspecified atom stereocenters. The summed E-state index contributed by atoms with van der Waals surface area (Å²) < 4.78 is 6.33. The molecule has 0 aliphatic heterocycles. The van der Waals surface area contributed by atoms with E-state index in [4.69, 9.17) is 4.74 Å². The number of benzene rings is 1. The molecule has 1 atom stereocenters. The Morgan fingerprint density at radius 3 is 2.52 bits per heavy atom. The molecule has 0 aliphatic rings. The number of aromatic nitrogens is 2. The van der Waals surface area contributed by atoms with E-state index in [1.165, 1.54) is 25.5 Å². The van der Waals surface area contributed by atoms with E-state index in [9.17, 15) is 19.7 Å². The number of nitrogens with zero attached hydrogens (tertiary/aromatic N) is 3. The van der Waals surface area contributed by atoms with Crippen LogP contribution < -0.4 is 5.32 Å². The molecule has 2 aromatic rings. The third-order valence-corrected chi connectivity index (χ3v) is 4.12. The summed E-state index contributed by atoms with van der Waals surface area (Å²) >= 11 is 0. The highest BCUT2D eigenvalue weighted by atomic mass is 16.6. The fourth-order valence-corrected chi connectivity index (χ4v) is 2.70. The van der Waals surface area contributed by atoms with Crippen LogP contribution in [0.4, 0.5) is 11.4 Å². The van der Waals surface area contributed by atoms with Gasteiger partial charge in [0.1, 0.15) is 17.9 Å². The van der Waals surface area contributed by atoms with Crippen molar-refractivity contribution in [2.45, 2.75) is 47.3 Å². The SMILES string of the molecule is Cc1ccc(NC(=O)[C@@H](C)OC(=O)Cn2nc(C)c([N+](=O)[O-])c2C)c(C)c1. The molecule has 1 N–H and O–H groups in total. The highest BCUT2D eigenvalue weighted by Crippen LogP contribution is 2.22. The number of ether oxygens (including phenoxy) is 1. The fourth-order valence-electron chi connectivity index (χ4n) is 2.70. The monoisotopic (exact) mass is 374 g/mol. The molecule has 1 aromatic carbocycles. The maximum atomic E-state index is 12.3. The maximum Gasteiger partial charge on any atom is 0.328 e. The molecule has 1 heterocycles. The molecular weight excluding hydrogens is 352 g/mol. The van der Waals surface area contributed by atoms with Crippen LogP contribution >= 0.6 is 0 Å². The minimum absolute atomic E-state index is 0.136. The number of carbonyl (C=O) groups is 2. The average molecular weight is 374 g/mol. The minimum atomic E-state index is -1.02. The van der Waals surface area contributed by atoms with Gasteiger partial charge < -0.3 is 10.1 Å². The first kappa shape index (κ1) is 20.1. The van der Waals surface area contributed by atoms with E-state index in [0.717, 1.165) is 11.1 Å². The number of nitro groups is 1. The first-order valence-electron chi connectivity index (χ1n) is 8.36. The second kappa shape index (κ2) is 7.98. The first-order valence-corrected chi connectivity index (χ1v) is 8.36. The van der Waals surface area contributed by atoms with E-state index >= 15 is 0 Å². The number of rotatable bonds is 6. The number of hydrogen-bond donors (Lipinski definition) is 1. The molecule has 9 nitrogen and oxygen atoms in total. The number of esters is 1. The summed E-state index contributed by atoms with van der Waals surface area (Å²) in [6.07, 6.45) is -1.02. The number of amides is 1. The third kappa shape index (κ3) is 4.69. The van der Waals surface area contributed by atoms with Gasteiger partial charge in [-0.15, -0.1) is 0 Å². The Hall–Kier alpha value is -3.23. The molecule has 2 rings (SSSR count). The standard InChI is InChI=1S/C18H22N4O5/c1-10-6-7-15(11(2)8-10)19-18(24)14(5)27-16(23)9-21-13(4)17(22(25)26)12(3)20-21/h6-8,14H,9H2,1-5H3,(H,19,24)/t14-/m1/s1. The molecule has 0 radical (unpaired) electrons. The molecule has 0 fully saturated rings. The molecule has 0 saturated heterocycles. The van der Waals surface area contributed by atoms with Gasteiger partial charge in [0.2, 0.25) is 0 Å². The topological polar surface area (TPSA) is 116 Å².